The summed E-state index contributed by atoms with van der Waals surface area (Å²) >= 11 is 0. The first-order valence-corrected chi connectivity index (χ1v) is 21.5. The molecule has 0 bridgehead atoms. The van der Waals surface area contributed by atoms with Gasteiger partial charge in [-0.1, -0.05) is 0 Å². The van der Waals surface area contributed by atoms with E-state index in [0.29, 0.717) is 53.1 Å². The molecular weight excluding hydrogens is 821 g/mol. The van der Waals surface area contributed by atoms with Crippen LogP contribution in [0.4, 0.5) is 23.4 Å². The number of nitrogen functional groups attached to an aromatic ring is 4. The zero-order chi connectivity index (χ0) is 42.1. The minimum atomic E-state index is -4.19. The van der Waals surface area contributed by atoms with Crippen molar-refractivity contribution in [3.8, 4) is 0 Å². The predicted octanol–water partition coefficient (Wildman–Crippen LogP) is -0.960. The van der Waals surface area contributed by atoms with E-state index in [2.05, 4.69) is 44.9 Å². The number of aromatic nitrogens is 12. The number of imidazole rings is 3. The van der Waals surface area contributed by atoms with E-state index in [1.807, 2.05) is 0 Å². The lowest BCUT2D eigenvalue weighted by Gasteiger charge is -2.14. The van der Waals surface area contributed by atoms with Crippen molar-refractivity contribution in [1.29, 1.82) is 0 Å². The summed E-state index contributed by atoms with van der Waals surface area (Å²) in [7, 11) is -12.5. The van der Waals surface area contributed by atoms with Gasteiger partial charge in [0.2, 0.25) is 5.95 Å². The summed E-state index contributed by atoms with van der Waals surface area (Å²) in [6.45, 7) is 4.54. The van der Waals surface area contributed by atoms with Gasteiger partial charge in [-0.3, -0.25) is 13.7 Å². The number of rotatable bonds is 15. The fourth-order valence-corrected chi connectivity index (χ4v) is 5.93. The van der Waals surface area contributed by atoms with Crippen LogP contribution in [-0.4, -0.2) is 126 Å². The summed E-state index contributed by atoms with van der Waals surface area (Å²) in [5.41, 5.74) is 25.4. The zero-order valence-electron chi connectivity index (χ0n) is 30.1. The molecule has 57 heavy (non-hydrogen) atoms. The lowest BCUT2D eigenvalue weighted by Crippen LogP contribution is -2.17. The molecular formula is C26H41N16O12P3. The minimum absolute atomic E-state index is 0.0283. The molecule has 0 saturated heterocycles. The van der Waals surface area contributed by atoms with Gasteiger partial charge in [-0.05, 0) is 13.8 Å². The maximum absolute atomic E-state index is 10.7. The molecule has 6 aromatic rings. The molecule has 0 fully saturated rings. The highest BCUT2D eigenvalue weighted by molar-refractivity contribution is 7.52. The molecule has 28 nitrogen and oxygen atoms in total. The molecule has 0 amide bonds. The van der Waals surface area contributed by atoms with E-state index in [9.17, 15) is 13.7 Å². The number of nitrogens with zero attached hydrogens (tertiary/aromatic N) is 12. The highest BCUT2D eigenvalue weighted by Gasteiger charge is 2.19. The maximum atomic E-state index is 10.7. The first-order valence-electron chi connectivity index (χ1n) is 16.1. The zero-order valence-corrected chi connectivity index (χ0v) is 32.8. The maximum Gasteiger partial charge on any atom is 0.350 e. The monoisotopic (exact) mass is 862 g/mol. The average Bonchev–Trinajstić information content (AvgIpc) is 3.83. The van der Waals surface area contributed by atoms with Crippen LogP contribution in [0.5, 0.6) is 0 Å². The topological polar surface area (TPSA) is 435 Å². The van der Waals surface area contributed by atoms with Crippen molar-refractivity contribution >= 4 is 79.7 Å². The fraction of sp³-hybridized carbons (Fsp3) is 0.423. The summed E-state index contributed by atoms with van der Waals surface area (Å²) in [6, 6.07) is 0. The standard InChI is InChI=1S/C9H15N6O4P.C9H14N5O4P.C8H12N5O4P/c1-5(19-4-20(16,17)18)2-15-3-12-6-7(10)13-9(11)14-8(6)15;1-6(18-5-19(15,16)17)2-14-4-13-7-8(10)11-3-12-9(7)14;9-7-6-8(11-3-10-7)13(4-12-6)1-2-17-5-18(14,15)16/h3,5H,2,4H2,1H3,(H2,16,17,18)(H4,10,11,13,14);3-4,6H,2,5H2,1H3,(H2,10,11,12)(H2,15,16,17);3-4H,1-2,5H2,(H2,9,10,11)(H2,14,15,16)/t5-;6-;/m11./s1. The van der Waals surface area contributed by atoms with Gasteiger partial charge in [0.25, 0.3) is 0 Å². The van der Waals surface area contributed by atoms with Gasteiger partial charge >= 0.3 is 22.8 Å². The van der Waals surface area contributed by atoms with Gasteiger partial charge in [0, 0.05) is 6.54 Å². The molecule has 6 rings (SSSR count). The van der Waals surface area contributed by atoms with E-state index < -0.39 is 54.0 Å². The molecule has 0 saturated carbocycles. The summed E-state index contributed by atoms with van der Waals surface area (Å²) in [5.74, 6) is 0.776. The van der Waals surface area contributed by atoms with Crippen LogP contribution in [0.2, 0.25) is 0 Å². The highest BCUT2D eigenvalue weighted by atomic mass is 31.2. The second-order valence-electron chi connectivity index (χ2n) is 12.0. The van der Waals surface area contributed by atoms with Crippen molar-refractivity contribution in [3.05, 3.63) is 31.6 Å². The van der Waals surface area contributed by atoms with E-state index in [4.69, 9.17) is 66.5 Å². The number of anilines is 4. The Morgan fingerprint density at radius 2 is 1.00 bits per heavy atom. The van der Waals surface area contributed by atoms with Crippen LogP contribution >= 0.6 is 22.8 Å². The lowest BCUT2D eigenvalue weighted by molar-refractivity contribution is 0.0764. The third-order valence-corrected chi connectivity index (χ3v) is 8.56. The average molecular weight is 863 g/mol. The molecule has 31 heteroatoms. The van der Waals surface area contributed by atoms with Crippen molar-refractivity contribution < 1.29 is 57.3 Å². The molecule has 312 valence electrons. The van der Waals surface area contributed by atoms with Crippen molar-refractivity contribution in [2.45, 2.75) is 45.7 Å². The van der Waals surface area contributed by atoms with Gasteiger partial charge in [0.15, 0.2) is 34.4 Å². The van der Waals surface area contributed by atoms with Gasteiger partial charge in [-0.25, -0.2) is 34.9 Å². The number of hydrogen-bond acceptors (Lipinski definition) is 19. The lowest BCUT2D eigenvalue weighted by atomic mass is 10.4. The predicted molar refractivity (Wildman–Crippen MR) is 201 cm³/mol. The van der Waals surface area contributed by atoms with Gasteiger partial charge in [0.1, 0.15) is 48.2 Å². The highest BCUT2D eigenvalue weighted by Crippen LogP contribution is 2.35. The Morgan fingerprint density at radius 3 is 1.47 bits per heavy atom. The van der Waals surface area contributed by atoms with Gasteiger partial charge in [0.05, 0.1) is 50.9 Å². The van der Waals surface area contributed by atoms with Crippen LogP contribution in [0.25, 0.3) is 33.5 Å². The van der Waals surface area contributed by atoms with Crippen LogP contribution in [0, 0.1) is 0 Å². The van der Waals surface area contributed by atoms with Crippen molar-refractivity contribution in [2.24, 2.45) is 0 Å². The summed E-state index contributed by atoms with van der Waals surface area (Å²) < 4.78 is 52.0. The molecule has 6 aromatic heterocycles. The Balaban J connectivity index is 0.000000190. The summed E-state index contributed by atoms with van der Waals surface area (Å²) in [6.07, 6.45) is 4.51. The summed E-state index contributed by atoms with van der Waals surface area (Å²) in [4.78, 5) is 87.9. The number of hydrogen-bond donors (Lipinski definition) is 10. The molecule has 6 heterocycles. The molecule has 0 unspecified atom stereocenters. The minimum Gasteiger partial charge on any atom is -0.382 e. The van der Waals surface area contributed by atoms with Crippen molar-refractivity contribution in [2.75, 3.05) is 48.6 Å². The number of nitrogens with two attached hydrogens (primary N) is 4. The first kappa shape index (κ1) is 44.9. The molecule has 0 aliphatic heterocycles. The van der Waals surface area contributed by atoms with E-state index >= 15 is 0 Å². The van der Waals surface area contributed by atoms with E-state index in [1.54, 1.807) is 27.5 Å². The molecule has 0 aliphatic carbocycles. The molecule has 2 atom stereocenters. The first-order chi connectivity index (χ1) is 26.6. The Labute approximate surface area is 321 Å². The quantitative estimate of drug-likeness (QED) is 0.0439. The van der Waals surface area contributed by atoms with E-state index in [-0.39, 0.29) is 30.0 Å². The smallest absolute Gasteiger partial charge is 0.350 e. The Hall–Kier alpha value is -4.82. The molecule has 14 N–H and O–H groups in total. The third-order valence-electron chi connectivity index (χ3n) is 7.07. The van der Waals surface area contributed by atoms with Crippen molar-refractivity contribution in [3.63, 3.8) is 0 Å². The molecule has 0 spiro atoms. The largest absolute Gasteiger partial charge is 0.382 e. The fourth-order valence-electron chi connectivity index (χ4n) is 4.67. The van der Waals surface area contributed by atoms with Gasteiger partial charge in [-0.2, -0.15) is 9.97 Å². The van der Waals surface area contributed by atoms with Crippen LogP contribution in [0.15, 0.2) is 31.6 Å². The Morgan fingerprint density at radius 1 is 0.579 bits per heavy atom. The second kappa shape index (κ2) is 19.1. The van der Waals surface area contributed by atoms with Gasteiger partial charge < -0.3 is 80.2 Å². The Bertz CT molecular complexity index is 2410. The van der Waals surface area contributed by atoms with Gasteiger partial charge in [-0.15, -0.1) is 0 Å². The third kappa shape index (κ3) is 14.0. The normalized spacial score (nSPS) is 13.3. The van der Waals surface area contributed by atoms with Crippen LogP contribution < -0.4 is 22.9 Å². The van der Waals surface area contributed by atoms with E-state index in [1.165, 1.54) is 31.6 Å². The Kier molecular flexibility index (Phi) is 15.0. The SMILES string of the molecule is C[C@H](Cn1cnc2c(N)nc(N)nc21)OCP(=O)(O)O.C[C@H](Cn1cnc2c(N)ncnc21)OCP(=O)(O)O.Nc1ncnc2c1ncn2CCOCP(=O)(O)O. The van der Waals surface area contributed by atoms with E-state index in [0.717, 1.165) is 0 Å². The summed E-state index contributed by atoms with van der Waals surface area (Å²) in [5, 5.41) is 0. The van der Waals surface area contributed by atoms with Crippen molar-refractivity contribution in [1.82, 2.24) is 58.6 Å². The number of ether oxygens (including phenoxy) is 3. The molecule has 0 radical (unpaired) electrons. The molecule has 0 aliphatic rings. The van der Waals surface area contributed by atoms with Crippen LogP contribution in [0.3, 0.4) is 0 Å². The molecule has 0 aromatic carbocycles. The van der Waals surface area contributed by atoms with Crippen LogP contribution in [-0.2, 0) is 47.5 Å². The van der Waals surface area contributed by atoms with Crippen LogP contribution in [0.1, 0.15) is 13.8 Å². The number of fused-ring (bicyclic) bond motifs is 3. The second-order valence-corrected chi connectivity index (χ2v) is 16.7.